The fraction of sp³-hybridized carbons (Fsp3) is 0.780. The van der Waals surface area contributed by atoms with Crippen molar-refractivity contribution in [3.63, 3.8) is 0 Å². The first kappa shape index (κ1) is 49.8. The van der Waals surface area contributed by atoms with Crippen LogP contribution in [0.4, 0.5) is 0 Å². The third-order valence-electron chi connectivity index (χ3n) is 8.86. The zero-order valence-corrected chi connectivity index (χ0v) is 33.8. The summed E-state index contributed by atoms with van der Waals surface area (Å²) in [4.78, 5) is 37.5. The molecule has 290 valence electrons. The highest BCUT2D eigenvalue weighted by Crippen LogP contribution is 2.33. The zero-order valence-electron chi connectivity index (χ0n) is 32.9. The minimum Gasteiger partial charge on any atom is -0.396 e. The molecule has 8 nitrogen and oxygen atoms in total. The third kappa shape index (κ3) is 28.4. The van der Waals surface area contributed by atoms with Gasteiger partial charge < -0.3 is 26.8 Å². The van der Waals surface area contributed by atoms with Gasteiger partial charge in [0.25, 0.3) is 0 Å². The van der Waals surface area contributed by atoms with Crippen LogP contribution in [-0.4, -0.2) is 60.4 Å². The molecule has 0 aromatic rings. The van der Waals surface area contributed by atoms with E-state index in [9.17, 15) is 14.4 Å². The highest BCUT2D eigenvalue weighted by Gasteiger charge is 2.30. The number of aliphatic hydroxyl groups is 1. The van der Waals surface area contributed by atoms with E-state index in [1.807, 2.05) is 6.92 Å². The predicted molar refractivity (Wildman–Crippen MR) is 216 cm³/mol. The summed E-state index contributed by atoms with van der Waals surface area (Å²) in [5.41, 5.74) is 5.38. The van der Waals surface area contributed by atoms with Crippen LogP contribution >= 0.6 is 12.6 Å². The van der Waals surface area contributed by atoms with Crippen molar-refractivity contribution in [2.75, 3.05) is 25.4 Å². The normalized spacial score (nSPS) is 16.7. The lowest BCUT2D eigenvalue weighted by molar-refractivity contribution is -0.130. The lowest BCUT2D eigenvalue weighted by atomic mass is 9.76. The molecule has 0 radical (unpaired) electrons. The van der Waals surface area contributed by atoms with Crippen molar-refractivity contribution in [1.29, 1.82) is 0 Å². The number of carbonyl (C=O) groups excluding carboxylic acids is 3. The number of unbranched alkanes of at least 4 members (excludes halogenated alkanes) is 1. The lowest BCUT2D eigenvalue weighted by Gasteiger charge is -2.35. The lowest BCUT2D eigenvalue weighted by Crippen LogP contribution is -2.52. The van der Waals surface area contributed by atoms with E-state index in [1.54, 1.807) is 6.92 Å². The van der Waals surface area contributed by atoms with Crippen molar-refractivity contribution in [2.45, 2.75) is 157 Å². The minimum atomic E-state index is -0.724. The monoisotopic (exact) mass is 721 g/mol. The number of carbonyl (C=O) groups is 3. The summed E-state index contributed by atoms with van der Waals surface area (Å²) >= 11 is 4.18. The standard InChI is InChI=1S/C27H48N4O3.C7H10S.C4H10.C3H8O/c1-5-6-14-24(30-26(33)17-16-25(32)29-19-18-28)27(34)31-23(15-10-11-20(2)3)21(4)22-12-8-7-9-13-22;8-6-7-4-2-1-3-5-7;1-3-4-2;1-2-3-4/h20-24H,7-19,28H2,1-4H3,(H,29,32)(H,30,33)(H,31,34);1-4,7-8H,5-6H2;3-4H2,1-2H3;4H,2-3H2,1H3/t21-,23+,24-;;;/m0.../s1. The van der Waals surface area contributed by atoms with E-state index in [2.05, 4.69) is 99.3 Å². The van der Waals surface area contributed by atoms with E-state index in [0.29, 0.717) is 43.4 Å². The average Bonchev–Trinajstić information content (AvgIpc) is 3.14. The van der Waals surface area contributed by atoms with E-state index in [4.69, 9.17) is 10.8 Å². The van der Waals surface area contributed by atoms with Crippen molar-refractivity contribution in [3.05, 3.63) is 24.3 Å². The Bertz CT molecular complexity index is 961. The number of hydrogen-bond acceptors (Lipinski definition) is 6. The number of allylic oxidation sites excluding steroid dienone is 4. The molecule has 2 rings (SSSR count). The molecule has 3 amide bonds. The van der Waals surface area contributed by atoms with Crippen LogP contribution in [0.25, 0.3) is 0 Å². The maximum Gasteiger partial charge on any atom is 0.243 e. The summed E-state index contributed by atoms with van der Waals surface area (Å²) in [6.45, 7) is 15.8. The first-order valence-corrected chi connectivity index (χ1v) is 20.2. The number of amides is 3. The van der Waals surface area contributed by atoms with Gasteiger partial charge in [0.05, 0.1) is 0 Å². The van der Waals surface area contributed by atoms with Gasteiger partial charge in [-0.15, -0.1) is 11.8 Å². The quantitative estimate of drug-likeness (QED) is 0.0644. The van der Waals surface area contributed by atoms with E-state index in [-0.39, 0.29) is 43.0 Å². The average molecular weight is 721 g/mol. The minimum absolute atomic E-state index is 0.0238. The van der Waals surface area contributed by atoms with Crippen molar-refractivity contribution >= 4 is 30.4 Å². The number of rotatable bonds is 18. The Morgan fingerprint density at radius 1 is 0.940 bits per heavy atom. The Hall–Kier alpha value is -2.28. The van der Waals surface area contributed by atoms with E-state index in [0.717, 1.165) is 31.4 Å². The summed E-state index contributed by atoms with van der Waals surface area (Å²) in [5.74, 6) is 8.35. The van der Waals surface area contributed by atoms with Crippen LogP contribution < -0.4 is 21.7 Å². The molecule has 4 atom stereocenters. The second-order valence-corrected chi connectivity index (χ2v) is 14.2. The van der Waals surface area contributed by atoms with Crippen molar-refractivity contribution in [1.82, 2.24) is 16.0 Å². The van der Waals surface area contributed by atoms with Crippen LogP contribution in [0.1, 0.15) is 145 Å². The van der Waals surface area contributed by atoms with Gasteiger partial charge in [0, 0.05) is 45.0 Å². The summed E-state index contributed by atoms with van der Waals surface area (Å²) in [7, 11) is 0. The first-order valence-electron chi connectivity index (χ1n) is 19.6. The summed E-state index contributed by atoms with van der Waals surface area (Å²) in [6.07, 6.45) is 23.0. The van der Waals surface area contributed by atoms with Crippen LogP contribution in [0, 0.1) is 35.5 Å². The SMILES string of the molecule is CC#CC[C@H](NC(=O)CCC(=O)NCCN)C(=O)N[C@H](CCCC(C)C)[C@@H](C)C1CCCCC1.CCCC.CCCO.SCC1C=CC=CC1. The molecule has 9 heteroatoms. The summed E-state index contributed by atoms with van der Waals surface area (Å²) < 4.78 is 0. The van der Waals surface area contributed by atoms with Crippen LogP contribution in [-0.2, 0) is 14.4 Å². The van der Waals surface area contributed by atoms with Gasteiger partial charge in [-0.05, 0) is 55.6 Å². The smallest absolute Gasteiger partial charge is 0.243 e. The van der Waals surface area contributed by atoms with Crippen molar-refractivity contribution < 1.29 is 19.5 Å². The largest absolute Gasteiger partial charge is 0.396 e. The van der Waals surface area contributed by atoms with E-state index in [1.165, 1.54) is 51.4 Å². The number of thiol groups is 1. The second-order valence-electron chi connectivity index (χ2n) is 13.8. The van der Waals surface area contributed by atoms with Gasteiger partial charge in [0.1, 0.15) is 6.04 Å². The maximum atomic E-state index is 13.3. The Balaban J connectivity index is 0. The van der Waals surface area contributed by atoms with E-state index < -0.39 is 6.04 Å². The molecular formula is C41H76N4O4S. The topological polar surface area (TPSA) is 134 Å². The highest BCUT2D eigenvalue weighted by molar-refractivity contribution is 7.80. The Morgan fingerprint density at radius 3 is 2.06 bits per heavy atom. The molecule has 2 aliphatic rings. The second kappa shape index (κ2) is 35.1. The molecule has 0 saturated heterocycles. The maximum absolute atomic E-state index is 13.3. The molecule has 2 aliphatic carbocycles. The summed E-state index contributed by atoms with van der Waals surface area (Å²) in [5, 5.41) is 16.6. The number of aliphatic hydroxyl groups excluding tert-OH is 1. The Kier molecular flexibility index (Phi) is 35.0. The molecule has 0 bridgehead atoms. The predicted octanol–water partition coefficient (Wildman–Crippen LogP) is 7.51. The molecule has 0 spiro atoms. The molecule has 1 saturated carbocycles. The fourth-order valence-corrected chi connectivity index (χ4v) is 5.73. The first-order chi connectivity index (χ1) is 24.0. The van der Waals surface area contributed by atoms with Crippen LogP contribution in [0.3, 0.4) is 0 Å². The van der Waals surface area contributed by atoms with E-state index >= 15 is 0 Å². The molecule has 1 unspecified atom stereocenters. The fourth-order valence-electron chi connectivity index (χ4n) is 5.46. The van der Waals surface area contributed by atoms with Crippen LogP contribution in [0.15, 0.2) is 24.3 Å². The van der Waals surface area contributed by atoms with Crippen LogP contribution in [0.2, 0.25) is 0 Å². The zero-order chi connectivity index (χ0) is 38.0. The third-order valence-corrected chi connectivity index (χ3v) is 9.33. The van der Waals surface area contributed by atoms with Gasteiger partial charge >= 0.3 is 0 Å². The molecule has 0 aliphatic heterocycles. The number of nitrogens with one attached hydrogen (secondary N) is 3. The van der Waals surface area contributed by atoms with Gasteiger partial charge in [0.2, 0.25) is 17.7 Å². The Morgan fingerprint density at radius 2 is 1.58 bits per heavy atom. The molecule has 0 heterocycles. The Labute approximate surface area is 312 Å². The van der Waals surface area contributed by atoms with Crippen LogP contribution in [0.5, 0.6) is 0 Å². The molecule has 0 aromatic heterocycles. The molecule has 6 N–H and O–H groups in total. The molecule has 1 fully saturated rings. The van der Waals surface area contributed by atoms with Gasteiger partial charge in [-0.3, -0.25) is 14.4 Å². The summed E-state index contributed by atoms with van der Waals surface area (Å²) in [6, 6.07) is -0.636. The highest BCUT2D eigenvalue weighted by atomic mass is 32.1. The van der Waals surface area contributed by atoms with Gasteiger partial charge in [-0.1, -0.05) is 124 Å². The molecular weight excluding hydrogens is 645 g/mol. The van der Waals surface area contributed by atoms with Crippen molar-refractivity contribution in [2.24, 2.45) is 29.4 Å². The number of hydrogen-bond donors (Lipinski definition) is 6. The number of nitrogens with two attached hydrogens (primary N) is 1. The molecule has 0 aromatic carbocycles. The van der Waals surface area contributed by atoms with Gasteiger partial charge in [-0.2, -0.15) is 12.6 Å². The van der Waals surface area contributed by atoms with Gasteiger partial charge in [0.15, 0.2) is 0 Å². The van der Waals surface area contributed by atoms with Crippen molar-refractivity contribution in [3.8, 4) is 11.8 Å². The molecule has 50 heavy (non-hydrogen) atoms. The van der Waals surface area contributed by atoms with Gasteiger partial charge in [-0.25, -0.2) is 0 Å².